The van der Waals surface area contributed by atoms with Crippen molar-refractivity contribution in [1.82, 2.24) is 10.2 Å². The number of hydrogen-bond acceptors (Lipinski definition) is 3. The molecule has 2 aliphatic rings. The lowest BCUT2D eigenvalue weighted by Gasteiger charge is -2.26. The van der Waals surface area contributed by atoms with E-state index in [2.05, 4.69) is 16.3 Å². The number of rotatable bonds is 10. The second-order valence-electron chi connectivity index (χ2n) is 5.99. The van der Waals surface area contributed by atoms with Gasteiger partial charge in [0.05, 0.1) is 6.61 Å². The minimum absolute atomic E-state index is 0.821. The largest absolute Gasteiger partial charge is 0.380 e. The van der Waals surface area contributed by atoms with Crippen LogP contribution < -0.4 is 5.32 Å². The highest BCUT2D eigenvalue weighted by Crippen LogP contribution is 2.18. The van der Waals surface area contributed by atoms with Gasteiger partial charge in [0.1, 0.15) is 0 Å². The summed E-state index contributed by atoms with van der Waals surface area (Å²) in [6.45, 7) is 5.67. The monoisotopic (exact) mass is 266 g/mol. The van der Waals surface area contributed by atoms with Crippen LogP contribution in [0.4, 0.5) is 0 Å². The van der Waals surface area contributed by atoms with E-state index in [1.54, 1.807) is 7.11 Å². The topological polar surface area (TPSA) is 24.5 Å². The fourth-order valence-corrected chi connectivity index (χ4v) is 2.68. The summed E-state index contributed by atoms with van der Waals surface area (Å²) >= 11 is 0. The minimum Gasteiger partial charge on any atom is -0.380 e. The molecule has 2 rings (SSSR count). The van der Waals surface area contributed by atoms with Crippen LogP contribution in [0, 0.1) is 0 Å². The Morgan fingerprint density at radius 1 is 1.26 bits per heavy atom. The zero-order chi connectivity index (χ0) is 13.3. The van der Waals surface area contributed by atoms with Gasteiger partial charge in [-0.25, -0.2) is 0 Å². The molecule has 0 aromatic carbocycles. The zero-order valence-electron chi connectivity index (χ0n) is 12.5. The number of unbranched alkanes of at least 4 members (excludes halogenated alkanes) is 3. The Morgan fingerprint density at radius 3 is 2.79 bits per heavy atom. The van der Waals surface area contributed by atoms with Crippen LogP contribution in [0.15, 0.2) is 11.6 Å². The molecule has 1 aliphatic heterocycles. The van der Waals surface area contributed by atoms with Gasteiger partial charge in [-0.3, -0.25) is 4.90 Å². The highest BCUT2D eigenvalue weighted by Gasteiger charge is 2.19. The molecule has 19 heavy (non-hydrogen) atoms. The second-order valence-corrected chi connectivity index (χ2v) is 5.99. The van der Waals surface area contributed by atoms with E-state index in [9.17, 15) is 0 Å². The standard InChI is InChI=1S/C16H30N2O/c1-19-14-15-8-12-18(13-9-15)11-5-3-2-4-10-17-16-6-7-16/h8,16-17H,2-7,9-14H2,1H3. The van der Waals surface area contributed by atoms with Crippen LogP contribution in [0.3, 0.4) is 0 Å². The van der Waals surface area contributed by atoms with E-state index in [4.69, 9.17) is 4.74 Å². The Morgan fingerprint density at radius 2 is 2.11 bits per heavy atom. The van der Waals surface area contributed by atoms with E-state index in [-0.39, 0.29) is 0 Å². The van der Waals surface area contributed by atoms with Crippen molar-refractivity contribution in [2.24, 2.45) is 0 Å². The molecule has 3 nitrogen and oxygen atoms in total. The van der Waals surface area contributed by atoms with Crippen LogP contribution >= 0.6 is 0 Å². The predicted octanol–water partition coefficient (Wildman–Crippen LogP) is 2.58. The molecule has 1 saturated carbocycles. The quantitative estimate of drug-likeness (QED) is 0.486. The third-order valence-corrected chi connectivity index (χ3v) is 4.13. The summed E-state index contributed by atoms with van der Waals surface area (Å²) < 4.78 is 5.18. The van der Waals surface area contributed by atoms with Gasteiger partial charge < -0.3 is 10.1 Å². The van der Waals surface area contributed by atoms with Gasteiger partial charge in [-0.2, -0.15) is 0 Å². The SMILES string of the molecule is COCC1=CCN(CCCCCCNC2CC2)CC1. The molecule has 0 aromatic rings. The van der Waals surface area contributed by atoms with E-state index in [0.717, 1.165) is 19.2 Å². The van der Waals surface area contributed by atoms with Gasteiger partial charge >= 0.3 is 0 Å². The molecule has 0 unspecified atom stereocenters. The Bertz CT molecular complexity index is 274. The maximum absolute atomic E-state index is 5.18. The Labute approximate surface area is 118 Å². The van der Waals surface area contributed by atoms with Crippen molar-refractivity contribution in [1.29, 1.82) is 0 Å². The molecule has 0 bridgehead atoms. The van der Waals surface area contributed by atoms with Gasteiger partial charge in [0.2, 0.25) is 0 Å². The van der Waals surface area contributed by atoms with Crippen LogP contribution in [0.5, 0.6) is 0 Å². The first-order chi connectivity index (χ1) is 9.38. The number of hydrogen-bond donors (Lipinski definition) is 1. The maximum atomic E-state index is 5.18. The normalized spacial score (nSPS) is 20.6. The molecular weight excluding hydrogens is 236 g/mol. The Kier molecular flexibility index (Phi) is 6.90. The van der Waals surface area contributed by atoms with Crippen molar-refractivity contribution < 1.29 is 4.74 Å². The first kappa shape index (κ1) is 15.0. The lowest BCUT2D eigenvalue weighted by molar-refractivity contribution is 0.211. The number of methoxy groups -OCH3 is 1. The summed E-state index contributed by atoms with van der Waals surface area (Å²) in [5, 5.41) is 3.58. The summed E-state index contributed by atoms with van der Waals surface area (Å²) in [5.41, 5.74) is 1.48. The Balaban J connectivity index is 1.41. The summed E-state index contributed by atoms with van der Waals surface area (Å²) in [4.78, 5) is 2.57. The summed E-state index contributed by atoms with van der Waals surface area (Å²) in [7, 11) is 1.78. The van der Waals surface area contributed by atoms with Gasteiger partial charge in [0, 0.05) is 26.2 Å². The first-order valence-electron chi connectivity index (χ1n) is 8.01. The molecule has 1 N–H and O–H groups in total. The lowest BCUT2D eigenvalue weighted by Crippen LogP contribution is -2.30. The summed E-state index contributed by atoms with van der Waals surface area (Å²) in [5.74, 6) is 0. The number of nitrogens with zero attached hydrogens (tertiary/aromatic N) is 1. The van der Waals surface area contributed by atoms with E-state index in [1.165, 1.54) is 70.2 Å². The smallest absolute Gasteiger partial charge is 0.0673 e. The predicted molar refractivity (Wildman–Crippen MR) is 80.5 cm³/mol. The van der Waals surface area contributed by atoms with Gasteiger partial charge in [-0.15, -0.1) is 0 Å². The summed E-state index contributed by atoms with van der Waals surface area (Å²) in [6.07, 6.45) is 11.9. The third-order valence-electron chi connectivity index (χ3n) is 4.13. The molecule has 0 spiro atoms. The van der Waals surface area contributed by atoms with Crippen molar-refractivity contribution in [3.63, 3.8) is 0 Å². The van der Waals surface area contributed by atoms with Crippen molar-refractivity contribution >= 4 is 0 Å². The molecular formula is C16H30N2O. The first-order valence-corrected chi connectivity index (χ1v) is 8.01. The molecule has 1 aliphatic carbocycles. The van der Waals surface area contributed by atoms with Gasteiger partial charge in [-0.1, -0.05) is 18.9 Å². The van der Waals surface area contributed by atoms with Gasteiger partial charge in [0.15, 0.2) is 0 Å². The van der Waals surface area contributed by atoms with Crippen LogP contribution in [0.25, 0.3) is 0 Å². The molecule has 1 heterocycles. The molecule has 0 amide bonds. The molecule has 0 saturated heterocycles. The summed E-state index contributed by atoms with van der Waals surface area (Å²) in [6, 6.07) is 0.876. The van der Waals surface area contributed by atoms with Crippen LogP contribution in [-0.4, -0.2) is 50.8 Å². The number of ether oxygens (including phenoxy) is 1. The average molecular weight is 266 g/mol. The van der Waals surface area contributed by atoms with Crippen LogP contribution in [0.1, 0.15) is 44.9 Å². The average Bonchev–Trinajstić information content (AvgIpc) is 3.24. The van der Waals surface area contributed by atoms with Crippen molar-refractivity contribution in [3.8, 4) is 0 Å². The molecule has 0 atom stereocenters. The van der Waals surface area contributed by atoms with E-state index in [1.807, 2.05) is 0 Å². The second kappa shape index (κ2) is 8.72. The van der Waals surface area contributed by atoms with Gasteiger partial charge in [0.25, 0.3) is 0 Å². The highest BCUT2D eigenvalue weighted by molar-refractivity contribution is 5.07. The molecule has 0 radical (unpaired) electrons. The third kappa shape index (κ3) is 6.55. The lowest BCUT2D eigenvalue weighted by atomic mass is 10.1. The fourth-order valence-electron chi connectivity index (χ4n) is 2.68. The Hall–Kier alpha value is -0.380. The van der Waals surface area contributed by atoms with E-state index >= 15 is 0 Å². The fraction of sp³-hybridized carbons (Fsp3) is 0.875. The van der Waals surface area contributed by atoms with Crippen molar-refractivity contribution in [2.75, 3.05) is 39.9 Å². The van der Waals surface area contributed by atoms with Crippen molar-refractivity contribution in [3.05, 3.63) is 11.6 Å². The maximum Gasteiger partial charge on any atom is 0.0673 e. The van der Waals surface area contributed by atoms with Gasteiger partial charge in [-0.05, 0) is 50.8 Å². The highest BCUT2D eigenvalue weighted by atomic mass is 16.5. The molecule has 110 valence electrons. The number of nitrogens with one attached hydrogen (secondary N) is 1. The van der Waals surface area contributed by atoms with E-state index in [0.29, 0.717) is 0 Å². The molecule has 0 aromatic heterocycles. The minimum atomic E-state index is 0.821. The zero-order valence-corrected chi connectivity index (χ0v) is 12.5. The molecule has 1 fully saturated rings. The van der Waals surface area contributed by atoms with E-state index < -0.39 is 0 Å². The van der Waals surface area contributed by atoms with Crippen LogP contribution in [-0.2, 0) is 4.74 Å². The molecule has 3 heteroatoms. The van der Waals surface area contributed by atoms with Crippen molar-refractivity contribution in [2.45, 2.75) is 51.0 Å². The van der Waals surface area contributed by atoms with Crippen LogP contribution in [0.2, 0.25) is 0 Å².